The summed E-state index contributed by atoms with van der Waals surface area (Å²) in [4.78, 5) is 39.3. The molecule has 1 heterocycles. The van der Waals surface area contributed by atoms with E-state index in [2.05, 4.69) is 0 Å². The monoisotopic (exact) mass is 619 g/mol. The average molecular weight is 619 g/mol. The van der Waals surface area contributed by atoms with Crippen LogP contribution in [0.15, 0.2) is 65.6 Å². The Bertz CT molecular complexity index is 1360. The van der Waals surface area contributed by atoms with Crippen LogP contribution in [0.3, 0.4) is 0 Å². The lowest BCUT2D eigenvalue weighted by Crippen LogP contribution is -2.27. The highest BCUT2D eigenvalue weighted by molar-refractivity contribution is 14.1. The predicted octanol–water partition coefficient (Wildman–Crippen LogP) is 5.90. The van der Waals surface area contributed by atoms with Gasteiger partial charge in [0.2, 0.25) is 0 Å². The lowest BCUT2D eigenvalue weighted by Gasteiger charge is -2.13. The zero-order chi connectivity index (χ0) is 25.8. The molecule has 1 aliphatic heterocycles. The summed E-state index contributed by atoms with van der Waals surface area (Å²) in [7, 11) is 2.98. The minimum atomic E-state index is -0.566. The second-order valence-corrected chi connectivity index (χ2v) is 9.70. The second kappa shape index (κ2) is 11.1. The smallest absolute Gasteiger partial charge is 0.343 e. The molecule has 3 aromatic carbocycles. The lowest BCUT2D eigenvalue weighted by molar-refractivity contribution is -0.123. The Kier molecular flexibility index (Phi) is 7.94. The van der Waals surface area contributed by atoms with Gasteiger partial charge < -0.3 is 14.2 Å². The second-order valence-electron chi connectivity index (χ2n) is 7.55. The molecule has 0 spiro atoms. The van der Waals surface area contributed by atoms with Crippen molar-refractivity contribution >= 4 is 57.5 Å². The van der Waals surface area contributed by atoms with Crippen LogP contribution >= 0.6 is 34.4 Å². The third-order valence-corrected chi connectivity index (χ3v) is 6.91. The van der Waals surface area contributed by atoms with E-state index >= 15 is 0 Å². The van der Waals surface area contributed by atoms with E-state index in [1.807, 2.05) is 22.6 Å². The number of nitrogens with zero attached hydrogens (tertiary/aromatic N) is 1. The standard InChI is InChI=1S/C26H19FINO6S/c1-33-19-9-5-17(6-10-19)25(31)35-23-20(28)11-16(12-21(23)34-2)13-22-24(30)29(26(32)36-22)14-15-3-7-18(27)8-4-15/h3-13H,14H2,1-2H3/b22-13-. The molecule has 0 bridgehead atoms. The van der Waals surface area contributed by atoms with Crippen molar-refractivity contribution in [2.75, 3.05) is 14.2 Å². The molecule has 4 rings (SSSR count). The van der Waals surface area contributed by atoms with Gasteiger partial charge in [0.25, 0.3) is 11.1 Å². The minimum Gasteiger partial charge on any atom is -0.497 e. The van der Waals surface area contributed by atoms with Crippen LogP contribution in [-0.2, 0) is 11.3 Å². The maximum atomic E-state index is 13.2. The van der Waals surface area contributed by atoms with Crippen molar-refractivity contribution in [1.82, 2.24) is 4.90 Å². The number of halogens is 2. The fraction of sp³-hybridized carbons (Fsp3) is 0.115. The average Bonchev–Trinajstić information content (AvgIpc) is 3.13. The predicted molar refractivity (Wildman–Crippen MR) is 142 cm³/mol. The summed E-state index contributed by atoms with van der Waals surface area (Å²) in [5.41, 5.74) is 1.57. The van der Waals surface area contributed by atoms with Gasteiger partial charge in [0, 0.05) is 0 Å². The normalized spacial score (nSPS) is 14.3. The van der Waals surface area contributed by atoms with Gasteiger partial charge in [0.05, 0.1) is 34.8 Å². The Morgan fingerprint density at radius 1 is 1.03 bits per heavy atom. The molecule has 0 atom stereocenters. The first-order chi connectivity index (χ1) is 17.3. The number of methoxy groups -OCH3 is 2. The number of rotatable bonds is 7. The fourth-order valence-corrected chi connectivity index (χ4v) is 4.93. The summed E-state index contributed by atoms with van der Waals surface area (Å²) in [6.07, 6.45) is 1.58. The molecule has 1 aliphatic rings. The van der Waals surface area contributed by atoms with Crippen molar-refractivity contribution in [2.24, 2.45) is 0 Å². The molecule has 0 unspecified atom stereocenters. The highest BCUT2D eigenvalue weighted by atomic mass is 127. The molecular formula is C26H19FINO6S. The van der Waals surface area contributed by atoms with Crippen LogP contribution in [0.25, 0.3) is 6.08 Å². The summed E-state index contributed by atoms with van der Waals surface area (Å²) in [5, 5.41) is -0.415. The van der Waals surface area contributed by atoms with Crippen molar-refractivity contribution in [3.8, 4) is 17.2 Å². The molecule has 0 aliphatic carbocycles. The molecule has 0 N–H and O–H groups in total. The van der Waals surface area contributed by atoms with Crippen LogP contribution in [0.2, 0.25) is 0 Å². The van der Waals surface area contributed by atoms with Gasteiger partial charge in [0.1, 0.15) is 11.6 Å². The van der Waals surface area contributed by atoms with Crippen molar-refractivity contribution < 1.29 is 33.0 Å². The Morgan fingerprint density at radius 3 is 2.36 bits per heavy atom. The van der Waals surface area contributed by atoms with Crippen molar-refractivity contribution in [2.45, 2.75) is 6.54 Å². The minimum absolute atomic E-state index is 0.0450. The number of thioether (sulfide) groups is 1. The van der Waals surface area contributed by atoms with Gasteiger partial charge in [0.15, 0.2) is 11.5 Å². The number of carbonyl (C=O) groups excluding carboxylic acids is 3. The third-order valence-electron chi connectivity index (χ3n) is 5.20. The number of esters is 1. The number of imide groups is 1. The van der Waals surface area contributed by atoms with E-state index in [1.54, 1.807) is 42.5 Å². The molecule has 1 fully saturated rings. The largest absolute Gasteiger partial charge is 0.497 e. The third kappa shape index (κ3) is 5.71. The molecule has 7 nitrogen and oxygen atoms in total. The van der Waals surface area contributed by atoms with Gasteiger partial charge in [-0.25, -0.2) is 9.18 Å². The number of benzene rings is 3. The van der Waals surface area contributed by atoms with Crippen molar-refractivity contribution in [3.63, 3.8) is 0 Å². The zero-order valence-electron chi connectivity index (χ0n) is 19.1. The summed E-state index contributed by atoms with van der Waals surface area (Å²) in [6, 6.07) is 15.5. The lowest BCUT2D eigenvalue weighted by atomic mass is 10.1. The van der Waals surface area contributed by atoms with Gasteiger partial charge in [-0.1, -0.05) is 12.1 Å². The summed E-state index contributed by atoms with van der Waals surface area (Å²) < 4.78 is 29.9. The Morgan fingerprint density at radius 2 is 1.72 bits per heavy atom. The van der Waals surface area contributed by atoms with Gasteiger partial charge in [-0.15, -0.1) is 0 Å². The van der Waals surface area contributed by atoms with E-state index in [-0.39, 0.29) is 17.2 Å². The van der Waals surface area contributed by atoms with E-state index in [1.165, 1.54) is 38.5 Å². The fourth-order valence-electron chi connectivity index (χ4n) is 3.36. The first-order valence-corrected chi connectivity index (χ1v) is 12.4. The van der Waals surface area contributed by atoms with Crippen LogP contribution < -0.4 is 14.2 Å². The summed E-state index contributed by atoms with van der Waals surface area (Å²) >= 11 is 2.83. The molecule has 0 saturated carbocycles. The molecule has 0 aromatic heterocycles. The zero-order valence-corrected chi connectivity index (χ0v) is 22.1. The van der Waals surface area contributed by atoms with Crippen molar-refractivity contribution in [3.05, 3.63) is 91.6 Å². The Balaban J connectivity index is 1.54. The summed E-state index contributed by atoms with van der Waals surface area (Å²) in [5.74, 6) is -0.262. The quantitative estimate of drug-likeness (QED) is 0.141. The van der Waals surface area contributed by atoms with E-state index in [0.717, 1.165) is 16.7 Å². The van der Waals surface area contributed by atoms with Gasteiger partial charge in [-0.05, 0) is 100 Å². The number of carbonyl (C=O) groups is 3. The molecule has 10 heteroatoms. The highest BCUT2D eigenvalue weighted by Crippen LogP contribution is 2.38. The maximum absolute atomic E-state index is 13.2. The molecule has 3 aromatic rings. The molecule has 1 saturated heterocycles. The molecule has 2 amide bonds. The number of hydrogen-bond acceptors (Lipinski definition) is 7. The first kappa shape index (κ1) is 25.7. The Hall–Kier alpha value is -3.38. The van der Waals surface area contributed by atoms with Crippen LogP contribution in [0.4, 0.5) is 9.18 Å². The van der Waals surface area contributed by atoms with Crippen LogP contribution in [0, 0.1) is 9.39 Å². The van der Waals surface area contributed by atoms with Gasteiger partial charge >= 0.3 is 5.97 Å². The van der Waals surface area contributed by atoms with Crippen LogP contribution in [0.1, 0.15) is 21.5 Å². The SMILES string of the molecule is COc1ccc(C(=O)Oc2c(I)cc(/C=C3\SC(=O)N(Cc4ccc(F)cc4)C3=O)cc2OC)cc1. The van der Waals surface area contributed by atoms with E-state index in [0.29, 0.717) is 31.8 Å². The molecule has 184 valence electrons. The van der Waals surface area contributed by atoms with Crippen LogP contribution in [-0.4, -0.2) is 36.2 Å². The maximum Gasteiger partial charge on any atom is 0.343 e. The Labute approximate surface area is 224 Å². The van der Waals surface area contributed by atoms with E-state index < -0.39 is 22.9 Å². The molecule has 36 heavy (non-hydrogen) atoms. The number of amides is 2. The first-order valence-electron chi connectivity index (χ1n) is 10.5. The van der Waals surface area contributed by atoms with Gasteiger partial charge in [-0.2, -0.15) is 0 Å². The topological polar surface area (TPSA) is 82.1 Å². The number of ether oxygens (including phenoxy) is 3. The van der Waals surface area contributed by atoms with Crippen LogP contribution in [0.5, 0.6) is 17.2 Å². The number of hydrogen-bond donors (Lipinski definition) is 0. The molecular weight excluding hydrogens is 600 g/mol. The van der Waals surface area contributed by atoms with Gasteiger partial charge in [-0.3, -0.25) is 14.5 Å². The van der Waals surface area contributed by atoms with E-state index in [4.69, 9.17) is 14.2 Å². The van der Waals surface area contributed by atoms with E-state index in [9.17, 15) is 18.8 Å². The highest BCUT2D eigenvalue weighted by Gasteiger charge is 2.35. The van der Waals surface area contributed by atoms with Crippen molar-refractivity contribution in [1.29, 1.82) is 0 Å². The molecule has 0 radical (unpaired) electrons. The summed E-state index contributed by atoms with van der Waals surface area (Å²) in [6.45, 7) is 0.0450.